The maximum absolute atomic E-state index is 13.7. The van der Waals surface area contributed by atoms with E-state index in [-0.39, 0.29) is 18.4 Å². The van der Waals surface area contributed by atoms with Crippen LogP contribution in [0.5, 0.6) is 5.75 Å². The van der Waals surface area contributed by atoms with Gasteiger partial charge < -0.3 is 19.5 Å². The summed E-state index contributed by atoms with van der Waals surface area (Å²) in [6.45, 7) is 6.99. The molecule has 0 bridgehead atoms. The fraction of sp³-hybridized carbons (Fsp3) is 0.667. The molecule has 3 fully saturated rings. The predicted octanol–water partition coefficient (Wildman–Crippen LogP) is 1.89. The van der Waals surface area contributed by atoms with Gasteiger partial charge in [0.05, 0.1) is 26.9 Å². The number of nitrogens with zero attached hydrogens (tertiary/aromatic N) is 2. The summed E-state index contributed by atoms with van der Waals surface area (Å²) < 4.78 is 16.9. The number of amides is 2. The van der Waals surface area contributed by atoms with Crippen LogP contribution < -0.4 is 10.1 Å². The normalized spacial score (nSPS) is 28.6. The van der Waals surface area contributed by atoms with Crippen molar-refractivity contribution in [3.05, 3.63) is 29.8 Å². The molecule has 0 aromatic heterocycles. The van der Waals surface area contributed by atoms with Crippen molar-refractivity contribution in [3.63, 3.8) is 0 Å². The van der Waals surface area contributed by atoms with Crippen LogP contribution in [-0.2, 0) is 14.3 Å². The average Bonchev–Trinajstić information content (AvgIpc) is 3.20. The largest absolute Gasteiger partial charge is 0.497 e. The summed E-state index contributed by atoms with van der Waals surface area (Å²) in [7, 11) is 1.58. The molecule has 4 rings (SSSR count). The number of nitrogens with one attached hydrogen (secondary N) is 1. The van der Waals surface area contributed by atoms with Crippen LogP contribution in [-0.4, -0.2) is 86.5 Å². The Morgan fingerprint density at radius 1 is 1.22 bits per heavy atom. The Morgan fingerprint density at radius 2 is 1.97 bits per heavy atom. The highest BCUT2D eigenvalue weighted by Crippen LogP contribution is 2.43. The van der Waals surface area contributed by atoms with Crippen LogP contribution in [0.3, 0.4) is 0 Å². The summed E-state index contributed by atoms with van der Waals surface area (Å²) in [5.74, 6) is 0.891. The quantitative estimate of drug-likeness (QED) is 0.720. The molecule has 8 heteroatoms. The van der Waals surface area contributed by atoms with E-state index >= 15 is 0 Å². The summed E-state index contributed by atoms with van der Waals surface area (Å²) in [4.78, 5) is 30.9. The highest BCUT2D eigenvalue weighted by atomic mass is 16.5. The van der Waals surface area contributed by atoms with E-state index in [4.69, 9.17) is 14.2 Å². The number of rotatable bonds is 6. The molecule has 3 aliphatic rings. The molecule has 1 aromatic carbocycles. The van der Waals surface area contributed by atoms with E-state index in [1.165, 1.54) is 0 Å². The molecular weight excluding hydrogens is 410 g/mol. The highest BCUT2D eigenvalue weighted by molar-refractivity contribution is 5.98. The molecule has 2 heterocycles. The van der Waals surface area contributed by atoms with Crippen LogP contribution in [0.25, 0.3) is 0 Å². The lowest BCUT2D eigenvalue weighted by atomic mass is 9.83. The lowest BCUT2D eigenvalue weighted by Crippen LogP contribution is -2.57. The minimum atomic E-state index is -0.709. The van der Waals surface area contributed by atoms with Crippen LogP contribution in [0.1, 0.15) is 43.0 Å². The van der Waals surface area contributed by atoms with Gasteiger partial charge in [0.25, 0.3) is 5.91 Å². The van der Waals surface area contributed by atoms with Crippen LogP contribution in [0.15, 0.2) is 24.3 Å². The van der Waals surface area contributed by atoms with Gasteiger partial charge in [0.2, 0.25) is 5.91 Å². The zero-order chi connectivity index (χ0) is 22.6. The molecule has 1 aromatic rings. The standard InChI is InChI=1S/C24H35N3O5/c1-18-6-8-24(9-7-18)27(23(29)19-4-3-5-20(16-19)30-2)21(17-32-24)22(28)25-10-11-26-12-14-31-15-13-26/h3-5,16,18,21H,6-15,17H2,1-2H3,(H,25,28). The second kappa shape index (κ2) is 10.2. The Morgan fingerprint density at radius 3 is 2.69 bits per heavy atom. The molecule has 32 heavy (non-hydrogen) atoms. The van der Waals surface area contributed by atoms with Crippen LogP contribution in [0, 0.1) is 5.92 Å². The van der Waals surface area contributed by atoms with E-state index in [0.717, 1.165) is 58.5 Å². The van der Waals surface area contributed by atoms with E-state index in [9.17, 15) is 9.59 Å². The van der Waals surface area contributed by atoms with Crippen molar-refractivity contribution in [3.8, 4) is 5.75 Å². The molecule has 1 saturated carbocycles. The topological polar surface area (TPSA) is 80.3 Å². The molecule has 1 atom stereocenters. The Balaban J connectivity index is 1.49. The smallest absolute Gasteiger partial charge is 0.257 e. The first-order chi connectivity index (χ1) is 15.5. The minimum Gasteiger partial charge on any atom is -0.497 e. The summed E-state index contributed by atoms with van der Waals surface area (Å²) in [5.41, 5.74) is -0.197. The fourth-order valence-corrected chi connectivity index (χ4v) is 4.96. The Labute approximate surface area is 190 Å². The van der Waals surface area contributed by atoms with E-state index < -0.39 is 11.8 Å². The van der Waals surface area contributed by atoms with E-state index in [0.29, 0.717) is 23.8 Å². The highest BCUT2D eigenvalue weighted by Gasteiger charge is 2.53. The first kappa shape index (κ1) is 23.0. The van der Waals surface area contributed by atoms with Gasteiger partial charge in [0.1, 0.15) is 17.5 Å². The monoisotopic (exact) mass is 445 g/mol. The van der Waals surface area contributed by atoms with Crippen molar-refractivity contribution < 1.29 is 23.8 Å². The molecule has 0 radical (unpaired) electrons. The van der Waals surface area contributed by atoms with Gasteiger partial charge in [0.15, 0.2) is 0 Å². The van der Waals surface area contributed by atoms with Gasteiger partial charge in [-0.15, -0.1) is 0 Å². The van der Waals surface area contributed by atoms with E-state index in [1.54, 1.807) is 30.2 Å². The predicted molar refractivity (Wildman–Crippen MR) is 120 cm³/mol. The Bertz CT molecular complexity index is 803. The molecule has 1 unspecified atom stereocenters. The van der Waals surface area contributed by atoms with Gasteiger partial charge in [-0.1, -0.05) is 13.0 Å². The second-order valence-electron chi connectivity index (χ2n) is 9.11. The maximum atomic E-state index is 13.7. The van der Waals surface area contributed by atoms with Crippen molar-refractivity contribution in [2.75, 3.05) is 53.1 Å². The van der Waals surface area contributed by atoms with E-state index in [1.807, 2.05) is 6.07 Å². The van der Waals surface area contributed by atoms with Crippen molar-refractivity contribution in [2.45, 2.75) is 44.4 Å². The van der Waals surface area contributed by atoms with Crippen molar-refractivity contribution in [2.24, 2.45) is 5.92 Å². The summed E-state index contributed by atoms with van der Waals surface area (Å²) in [5, 5.41) is 3.04. The number of carbonyl (C=O) groups excluding carboxylic acids is 2. The second-order valence-corrected chi connectivity index (χ2v) is 9.11. The molecule has 2 amide bonds. The molecule has 1 aliphatic carbocycles. The number of hydrogen-bond donors (Lipinski definition) is 1. The Kier molecular flexibility index (Phi) is 7.33. The lowest BCUT2D eigenvalue weighted by Gasteiger charge is -2.43. The number of hydrogen-bond acceptors (Lipinski definition) is 6. The SMILES string of the molecule is COc1cccc(C(=O)N2C(C(=O)NCCN3CCOCC3)COC23CCC(C)CC3)c1. The van der Waals surface area contributed by atoms with Crippen molar-refractivity contribution in [1.29, 1.82) is 0 Å². The molecule has 176 valence electrons. The number of methoxy groups -OCH3 is 1. The number of benzene rings is 1. The van der Waals surface area contributed by atoms with Gasteiger partial charge in [-0.05, 0) is 49.8 Å². The minimum absolute atomic E-state index is 0.148. The number of carbonyl (C=O) groups is 2. The third kappa shape index (κ3) is 4.92. The van der Waals surface area contributed by atoms with Gasteiger partial charge in [-0.25, -0.2) is 0 Å². The van der Waals surface area contributed by atoms with E-state index in [2.05, 4.69) is 17.1 Å². The zero-order valence-corrected chi connectivity index (χ0v) is 19.2. The fourth-order valence-electron chi connectivity index (χ4n) is 4.96. The Hall–Kier alpha value is -2.16. The summed E-state index contributed by atoms with van der Waals surface area (Å²) >= 11 is 0. The lowest BCUT2D eigenvalue weighted by molar-refractivity contribution is -0.127. The van der Waals surface area contributed by atoms with Crippen LogP contribution in [0.2, 0.25) is 0 Å². The molecule has 2 aliphatic heterocycles. The average molecular weight is 446 g/mol. The van der Waals surface area contributed by atoms with Crippen LogP contribution >= 0.6 is 0 Å². The number of ether oxygens (including phenoxy) is 3. The third-order valence-corrected chi connectivity index (χ3v) is 6.99. The van der Waals surface area contributed by atoms with Crippen molar-refractivity contribution >= 4 is 11.8 Å². The van der Waals surface area contributed by atoms with Crippen LogP contribution in [0.4, 0.5) is 0 Å². The summed E-state index contributed by atoms with van der Waals surface area (Å²) in [6, 6.07) is 6.48. The molecule has 1 spiro atoms. The zero-order valence-electron chi connectivity index (χ0n) is 19.2. The third-order valence-electron chi connectivity index (χ3n) is 6.99. The van der Waals surface area contributed by atoms with Gasteiger partial charge >= 0.3 is 0 Å². The van der Waals surface area contributed by atoms with Gasteiger partial charge in [-0.2, -0.15) is 0 Å². The first-order valence-corrected chi connectivity index (χ1v) is 11.7. The molecule has 2 saturated heterocycles. The molecule has 8 nitrogen and oxygen atoms in total. The summed E-state index contributed by atoms with van der Waals surface area (Å²) in [6.07, 6.45) is 3.46. The molecule has 1 N–H and O–H groups in total. The first-order valence-electron chi connectivity index (χ1n) is 11.7. The molecular formula is C24H35N3O5. The van der Waals surface area contributed by atoms with Crippen molar-refractivity contribution in [1.82, 2.24) is 15.1 Å². The van der Waals surface area contributed by atoms with Gasteiger partial charge in [-0.3, -0.25) is 19.4 Å². The number of morpholine rings is 1. The maximum Gasteiger partial charge on any atom is 0.257 e. The van der Waals surface area contributed by atoms with Gasteiger partial charge in [0, 0.05) is 31.7 Å².